The molecule has 0 saturated heterocycles. The fourth-order valence-electron chi connectivity index (χ4n) is 1.09. The van der Waals surface area contributed by atoms with E-state index in [0.717, 1.165) is 18.2 Å². The number of carboxylic acids is 1. The van der Waals surface area contributed by atoms with Gasteiger partial charge in [0.2, 0.25) is 5.91 Å². The van der Waals surface area contributed by atoms with Gasteiger partial charge in [-0.3, -0.25) is 4.79 Å². The van der Waals surface area contributed by atoms with E-state index in [1.807, 2.05) is 0 Å². The minimum absolute atomic E-state index is 0.179. The summed E-state index contributed by atoms with van der Waals surface area (Å²) in [5, 5.41) is 12.8. The van der Waals surface area contributed by atoms with Crippen LogP contribution in [0.2, 0.25) is 0 Å². The maximum Gasteiger partial charge on any atom is 0.335 e. The van der Waals surface area contributed by atoms with Crippen LogP contribution in [0.4, 0.5) is 14.9 Å². The van der Waals surface area contributed by atoms with Gasteiger partial charge in [-0.1, -0.05) is 0 Å². The Balaban J connectivity index is 2.77. The number of benzene rings is 1. The maximum absolute atomic E-state index is 13.3. The predicted molar refractivity (Wildman–Crippen MR) is 59.6 cm³/mol. The molecule has 1 aromatic carbocycles. The second-order valence-corrected chi connectivity index (χ2v) is 3.27. The molecule has 0 radical (unpaired) electrons. The summed E-state index contributed by atoms with van der Waals surface area (Å²) in [5.41, 5.74) is 4.31. The number of carbonyl (C=O) groups excluding carboxylic acids is 2. The smallest absolute Gasteiger partial charge is 0.335 e. The lowest BCUT2D eigenvalue weighted by atomic mass is 10.2. The highest BCUT2D eigenvalue weighted by atomic mass is 19.1. The lowest BCUT2D eigenvalue weighted by Crippen LogP contribution is -2.36. The van der Waals surface area contributed by atoms with Gasteiger partial charge in [0.25, 0.3) is 0 Å². The van der Waals surface area contributed by atoms with Gasteiger partial charge < -0.3 is 21.5 Å². The van der Waals surface area contributed by atoms with E-state index < -0.39 is 30.3 Å². The Morgan fingerprint density at radius 1 is 1.33 bits per heavy atom. The lowest BCUT2D eigenvalue weighted by Gasteiger charge is -2.07. The molecule has 5 N–H and O–H groups in total. The molecule has 0 aliphatic heterocycles. The highest BCUT2D eigenvalue weighted by Crippen LogP contribution is 2.16. The SMILES string of the molecule is NC(=O)CNC(=O)Nc1cc(C(=O)O)ccc1F. The summed E-state index contributed by atoms with van der Waals surface area (Å²) >= 11 is 0. The monoisotopic (exact) mass is 255 g/mol. The van der Waals surface area contributed by atoms with Gasteiger partial charge in [-0.05, 0) is 18.2 Å². The molecule has 0 saturated carbocycles. The van der Waals surface area contributed by atoms with Gasteiger partial charge in [-0.2, -0.15) is 0 Å². The van der Waals surface area contributed by atoms with E-state index in [9.17, 15) is 18.8 Å². The third kappa shape index (κ3) is 3.74. The molecule has 1 rings (SSSR count). The van der Waals surface area contributed by atoms with E-state index in [2.05, 4.69) is 10.6 Å². The van der Waals surface area contributed by atoms with E-state index >= 15 is 0 Å². The number of hydrogen-bond donors (Lipinski definition) is 4. The number of nitrogens with one attached hydrogen (secondary N) is 2. The fourth-order valence-corrected chi connectivity index (χ4v) is 1.09. The zero-order valence-corrected chi connectivity index (χ0v) is 9.07. The zero-order valence-electron chi connectivity index (χ0n) is 9.07. The van der Waals surface area contributed by atoms with Gasteiger partial charge >= 0.3 is 12.0 Å². The van der Waals surface area contributed by atoms with Crippen LogP contribution in [0.5, 0.6) is 0 Å². The molecule has 0 aromatic heterocycles. The van der Waals surface area contributed by atoms with Crippen LogP contribution in [0.1, 0.15) is 10.4 Å². The Kier molecular flexibility index (Phi) is 4.19. The van der Waals surface area contributed by atoms with Gasteiger partial charge in [-0.25, -0.2) is 14.0 Å². The minimum atomic E-state index is -1.25. The minimum Gasteiger partial charge on any atom is -0.478 e. The van der Waals surface area contributed by atoms with Crippen LogP contribution < -0.4 is 16.4 Å². The first-order valence-corrected chi connectivity index (χ1v) is 4.76. The van der Waals surface area contributed by atoms with Gasteiger partial charge in [0, 0.05) is 0 Å². The number of aromatic carboxylic acids is 1. The maximum atomic E-state index is 13.3. The second kappa shape index (κ2) is 5.62. The first kappa shape index (κ1) is 13.4. The Hall–Kier alpha value is -2.64. The Morgan fingerprint density at radius 2 is 2.00 bits per heavy atom. The number of primary amides is 1. The molecule has 3 amide bonds. The predicted octanol–water partition coefficient (Wildman–Crippen LogP) is 0.131. The van der Waals surface area contributed by atoms with Crippen molar-refractivity contribution in [1.29, 1.82) is 0 Å². The number of carbonyl (C=O) groups is 3. The summed E-state index contributed by atoms with van der Waals surface area (Å²) in [6.45, 7) is -0.411. The third-order valence-corrected chi connectivity index (χ3v) is 1.88. The molecule has 0 bridgehead atoms. The molecule has 0 atom stereocenters. The number of urea groups is 1. The van der Waals surface area contributed by atoms with Gasteiger partial charge in [0.05, 0.1) is 17.8 Å². The van der Waals surface area contributed by atoms with Crippen molar-refractivity contribution in [1.82, 2.24) is 5.32 Å². The van der Waals surface area contributed by atoms with Gasteiger partial charge in [0.15, 0.2) is 0 Å². The largest absolute Gasteiger partial charge is 0.478 e. The van der Waals surface area contributed by atoms with Crippen molar-refractivity contribution in [2.75, 3.05) is 11.9 Å². The lowest BCUT2D eigenvalue weighted by molar-refractivity contribution is -0.117. The molecular weight excluding hydrogens is 245 g/mol. The van der Waals surface area contributed by atoms with E-state index in [1.54, 1.807) is 0 Å². The van der Waals surface area contributed by atoms with Gasteiger partial charge in [0.1, 0.15) is 5.82 Å². The normalized spacial score (nSPS) is 9.61. The first-order valence-electron chi connectivity index (χ1n) is 4.76. The van der Waals surface area contributed by atoms with Crippen molar-refractivity contribution >= 4 is 23.6 Å². The van der Waals surface area contributed by atoms with Crippen molar-refractivity contribution < 1.29 is 23.9 Å². The second-order valence-electron chi connectivity index (χ2n) is 3.27. The molecule has 0 aliphatic carbocycles. The number of carboxylic acid groups (broad SMARTS) is 1. The van der Waals surface area contributed by atoms with E-state index in [0.29, 0.717) is 0 Å². The molecule has 1 aromatic rings. The molecule has 8 heteroatoms. The molecule has 0 heterocycles. The van der Waals surface area contributed by atoms with E-state index in [4.69, 9.17) is 10.8 Å². The third-order valence-electron chi connectivity index (χ3n) is 1.88. The highest BCUT2D eigenvalue weighted by molar-refractivity contribution is 5.94. The summed E-state index contributed by atoms with van der Waals surface area (Å²) in [6, 6.07) is 2.06. The van der Waals surface area contributed by atoms with Crippen molar-refractivity contribution in [3.63, 3.8) is 0 Å². The van der Waals surface area contributed by atoms with Crippen LogP contribution in [-0.2, 0) is 4.79 Å². The highest BCUT2D eigenvalue weighted by Gasteiger charge is 2.11. The molecule has 7 nitrogen and oxygen atoms in total. The van der Waals surface area contributed by atoms with Crippen LogP contribution in [0.15, 0.2) is 18.2 Å². The van der Waals surface area contributed by atoms with Crippen LogP contribution in [-0.4, -0.2) is 29.6 Å². The molecule has 96 valence electrons. The Bertz CT molecular complexity index is 504. The molecule has 18 heavy (non-hydrogen) atoms. The number of hydrogen-bond acceptors (Lipinski definition) is 3. The van der Waals surface area contributed by atoms with Gasteiger partial charge in [-0.15, -0.1) is 0 Å². The van der Waals surface area contributed by atoms with Crippen molar-refractivity contribution in [2.45, 2.75) is 0 Å². The van der Waals surface area contributed by atoms with Crippen LogP contribution in [0, 0.1) is 5.82 Å². The summed E-state index contributed by atoms with van der Waals surface area (Å²) in [4.78, 5) is 32.3. The molecular formula is C10H10FN3O4. The summed E-state index contributed by atoms with van der Waals surface area (Å²) in [7, 11) is 0. The molecule has 0 fully saturated rings. The van der Waals surface area contributed by atoms with E-state index in [-0.39, 0.29) is 11.3 Å². The fraction of sp³-hybridized carbons (Fsp3) is 0.100. The molecule has 0 unspecified atom stereocenters. The van der Waals surface area contributed by atoms with Crippen LogP contribution in [0.25, 0.3) is 0 Å². The van der Waals surface area contributed by atoms with Crippen LogP contribution in [0.3, 0.4) is 0 Å². The van der Waals surface area contributed by atoms with Crippen molar-refractivity contribution in [2.24, 2.45) is 5.73 Å². The van der Waals surface area contributed by atoms with Crippen LogP contribution >= 0.6 is 0 Å². The van der Waals surface area contributed by atoms with Crippen molar-refractivity contribution in [3.05, 3.63) is 29.6 Å². The number of rotatable bonds is 4. The number of anilines is 1. The Labute approximate surface area is 101 Å². The summed E-state index contributed by atoms with van der Waals surface area (Å²) < 4.78 is 13.3. The quantitative estimate of drug-likeness (QED) is 0.610. The average molecular weight is 255 g/mol. The number of halogens is 1. The average Bonchev–Trinajstić information content (AvgIpc) is 2.29. The summed E-state index contributed by atoms with van der Waals surface area (Å²) in [6.07, 6.45) is 0. The topological polar surface area (TPSA) is 122 Å². The van der Waals surface area contributed by atoms with E-state index in [1.165, 1.54) is 0 Å². The zero-order chi connectivity index (χ0) is 13.7. The Morgan fingerprint density at radius 3 is 2.56 bits per heavy atom. The summed E-state index contributed by atoms with van der Waals surface area (Å²) in [5.74, 6) is -2.81. The number of amides is 3. The molecule has 0 aliphatic rings. The molecule has 0 spiro atoms. The first-order chi connectivity index (χ1) is 8.40. The van der Waals surface area contributed by atoms with Crippen molar-refractivity contribution in [3.8, 4) is 0 Å². The standard InChI is InChI=1S/C10H10FN3O4/c11-6-2-1-5(9(16)17)3-7(6)14-10(18)13-4-8(12)15/h1-3H,4H2,(H2,12,15)(H,16,17)(H2,13,14,18). The number of nitrogens with two attached hydrogens (primary N) is 1.